The Hall–Kier alpha value is -4.53. The standard InChI is InChI=1S/C27H25FN6O2/c1-16-5-6-19(33-25(35)18-8-11-31-23(14-18)27(2,3)28)15-20(16)24-32-12-9-21(34-24)17-7-10-30-22(13-17)26(36)29-4/h5-15H,1-4H3,(H,29,36)(H,33,35). The van der Waals surface area contributed by atoms with Gasteiger partial charge in [0.2, 0.25) is 0 Å². The normalized spacial score (nSPS) is 11.1. The molecule has 9 heteroatoms. The molecule has 36 heavy (non-hydrogen) atoms. The summed E-state index contributed by atoms with van der Waals surface area (Å²) < 4.78 is 14.3. The van der Waals surface area contributed by atoms with E-state index in [4.69, 9.17) is 0 Å². The lowest BCUT2D eigenvalue weighted by Crippen LogP contribution is -2.19. The molecule has 0 radical (unpaired) electrons. The number of alkyl halides is 1. The highest BCUT2D eigenvalue weighted by atomic mass is 19.1. The van der Waals surface area contributed by atoms with Gasteiger partial charge in [0, 0.05) is 48.0 Å². The molecular formula is C27H25FN6O2. The largest absolute Gasteiger partial charge is 0.354 e. The molecule has 0 aliphatic carbocycles. The number of halogens is 1. The highest BCUT2D eigenvalue weighted by Crippen LogP contribution is 2.27. The minimum atomic E-state index is -1.66. The monoisotopic (exact) mass is 484 g/mol. The molecule has 182 valence electrons. The first kappa shape index (κ1) is 24.6. The second kappa shape index (κ2) is 9.99. The summed E-state index contributed by atoms with van der Waals surface area (Å²) in [5.74, 6) is -0.211. The van der Waals surface area contributed by atoms with E-state index in [9.17, 15) is 14.0 Å². The van der Waals surface area contributed by atoms with Gasteiger partial charge < -0.3 is 10.6 Å². The topological polar surface area (TPSA) is 110 Å². The number of aryl methyl sites for hydroxylation is 1. The molecule has 1 aromatic carbocycles. The molecule has 3 heterocycles. The van der Waals surface area contributed by atoms with Crippen LogP contribution >= 0.6 is 0 Å². The first-order chi connectivity index (χ1) is 17.2. The van der Waals surface area contributed by atoms with Crippen LogP contribution in [-0.4, -0.2) is 38.8 Å². The van der Waals surface area contributed by atoms with E-state index < -0.39 is 5.67 Å². The smallest absolute Gasteiger partial charge is 0.269 e. The fourth-order valence-corrected chi connectivity index (χ4v) is 3.53. The molecule has 3 aromatic heterocycles. The summed E-state index contributed by atoms with van der Waals surface area (Å²) in [6, 6.07) is 13.6. The highest BCUT2D eigenvalue weighted by molar-refractivity contribution is 6.04. The van der Waals surface area contributed by atoms with Crippen LogP contribution in [0.25, 0.3) is 22.6 Å². The zero-order chi connectivity index (χ0) is 25.9. The summed E-state index contributed by atoms with van der Waals surface area (Å²) in [4.78, 5) is 42.0. The number of pyridine rings is 2. The zero-order valence-electron chi connectivity index (χ0n) is 20.3. The van der Waals surface area contributed by atoms with Crippen LogP contribution in [0.3, 0.4) is 0 Å². The van der Waals surface area contributed by atoms with Crippen molar-refractivity contribution in [2.45, 2.75) is 26.4 Å². The predicted octanol–water partition coefficient (Wildman–Crippen LogP) is 4.73. The Balaban J connectivity index is 1.63. The third-order valence-corrected chi connectivity index (χ3v) is 5.54. The Bertz CT molecular complexity index is 1450. The third-order valence-electron chi connectivity index (χ3n) is 5.54. The lowest BCUT2D eigenvalue weighted by atomic mass is 10.0. The molecule has 0 saturated carbocycles. The van der Waals surface area contributed by atoms with Crippen LogP contribution in [0, 0.1) is 6.92 Å². The van der Waals surface area contributed by atoms with Crippen molar-refractivity contribution >= 4 is 17.5 Å². The molecule has 0 fully saturated rings. The number of anilines is 1. The number of amides is 2. The quantitative estimate of drug-likeness (QED) is 0.410. The second-order valence-electron chi connectivity index (χ2n) is 8.66. The maximum absolute atomic E-state index is 14.3. The predicted molar refractivity (Wildman–Crippen MR) is 135 cm³/mol. The number of hydrogen-bond acceptors (Lipinski definition) is 6. The summed E-state index contributed by atoms with van der Waals surface area (Å²) in [6.45, 7) is 4.71. The van der Waals surface area contributed by atoms with Gasteiger partial charge in [-0.3, -0.25) is 19.6 Å². The maximum atomic E-state index is 14.3. The van der Waals surface area contributed by atoms with E-state index in [-0.39, 0.29) is 23.2 Å². The number of aromatic nitrogens is 4. The summed E-state index contributed by atoms with van der Waals surface area (Å²) in [6.07, 6.45) is 4.61. The lowest BCUT2D eigenvalue weighted by molar-refractivity contribution is 0.0957. The Labute approximate surface area is 208 Å². The van der Waals surface area contributed by atoms with Gasteiger partial charge in [0.1, 0.15) is 11.4 Å². The number of rotatable bonds is 6. The van der Waals surface area contributed by atoms with Gasteiger partial charge in [0.05, 0.1) is 11.4 Å². The number of hydrogen-bond donors (Lipinski definition) is 2. The van der Waals surface area contributed by atoms with E-state index in [1.807, 2.05) is 13.0 Å². The van der Waals surface area contributed by atoms with Crippen molar-refractivity contribution in [1.29, 1.82) is 0 Å². The minimum Gasteiger partial charge on any atom is -0.354 e. The van der Waals surface area contributed by atoms with Crippen molar-refractivity contribution in [3.8, 4) is 22.6 Å². The average Bonchev–Trinajstić information content (AvgIpc) is 2.89. The number of carbonyl (C=O) groups is 2. The van der Waals surface area contributed by atoms with Gasteiger partial charge in [0.25, 0.3) is 11.8 Å². The van der Waals surface area contributed by atoms with E-state index in [1.54, 1.807) is 49.8 Å². The van der Waals surface area contributed by atoms with Crippen LogP contribution in [0.2, 0.25) is 0 Å². The Morgan fingerprint density at radius 2 is 1.64 bits per heavy atom. The van der Waals surface area contributed by atoms with Crippen molar-refractivity contribution in [3.63, 3.8) is 0 Å². The molecule has 4 rings (SSSR count). The molecule has 0 aliphatic heterocycles. The van der Waals surface area contributed by atoms with Crippen molar-refractivity contribution in [2.24, 2.45) is 0 Å². The zero-order valence-corrected chi connectivity index (χ0v) is 20.3. The molecule has 8 nitrogen and oxygen atoms in total. The maximum Gasteiger partial charge on any atom is 0.269 e. The van der Waals surface area contributed by atoms with Crippen molar-refractivity contribution in [3.05, 3.63) is 89.6 Å². The summed E-state index contributed by atoms with van der Waals surface area (Å²) in [5.41, 5.74) is 2.64. The van der Waals surface area contributed by atoms with Crippen LogP contribution < -0.4 is 10.6 Å². The van der Waals surface area contributed by atoms with Crippen LogP contribution in [0.15, 0.2) is 67.1 Å². The van der Waals surface area contributed by atoms with Crippen LogP contribution in [0.1, 0.15) is 46.0 Å². The third kappa shape index (κ3) is 5.41. The molecule has 0 unspecified atom stereocenters. The van der Waals surface area contributed by atoms with Gasteiger partial charge in [-0.25, -0.2) is 14.4 Å². The summed E-state index contributed by atoms with van der Waals surface area (Å²) in [7, 11) is 1.55. The van der Waals surface area contributed by atoms with Crippen molar-refractivity contribution in [2.75, 3.05) is 12.4 Å². The fraction of sp³-hybridized carbons (Fsp3) is 0.185. The fourth-order valence-electron chi connectivity index (χ4n) is 3.53. The van der Waals surface area contributed by atoms with Gasteiger partial charge >= 0.3 is 0 Å². The van der Waals surface area contributed by atoms with Gasteiger partial charge in [0.15, 0.2) is 5.82 Å². The van der Waals surface area contributed by atoms with Crippen LogP contribution in [-0.2, 0) is 5.67 Å². The Morgan fingerprint density at radius 3 is 2.39 bits per heavy atom. The molecular weight excluding hydrogens is 459 g/mol. The van der Waals surface area contributed by atoms with E-state index in [0.717, 1.165) is 16.7 Å². The summed E-state index contributed by atoms with van der Waals surface area (Å²) >= 11 is 0. The van der Waals surface area contributed by atoms with Crippen molar-refractivity contribution in [1.82, 2.24) is 25.3 Å². The minimum absolute atomic E-state index is 0.181. The van der Waals surface area contributed by atoms with E-state index in [0.29, 0.717) is 22.8 Å². The highest BCUT2D eigenvalue weighted by Gasteiger charge is 2.22. The number of nitrogens with one attached hydrogen (secondary N) is 2. The van der Waals surface area contributed by atoms with Crippen LogP contribution in [0.5, 0.6) is 0 Å². The van der Waals surface area contributed by atoms with Crippen molar-refractivity contribution < 1.29 is 14.0 Å². The van der Waals surface area contributed by atoms with Gasteiger partial charge in [-0.15, -0.1) is 0 Å². The molecule has 0 saturated heterocycles. The van der Waals surface area contributed by atoms with E-state index in [2.05, 4.69) is 30.6 Å². The molecule has 2 amide bonds. The van der Waals surface area contributed by atoms with E-state index in [1.165, 1.54) is 32.2 Å². The van der Waals surface area contributed by atoms with Gasteiger partial charge in [-0.05, 0) is 68.8 Å². The second-order valence-corrected chi connectivity index (χ2v) is 8.66. The van der Waals surface area contributed by atoms with Gasteiger partial charge in [-0.1, -0.05) is 6.07 Å². The van der Waals surface area contributed by atoms with E-state index >= 15 is 0 Å². The number of nitrogens with zero attached hydrogens (tertiary/aromatic N) is 4. The number of carbonyl (C=O) groups excluding carboxylic acids is 2. The first-order valence-electron chi connectivity index (χ1n) is 11.2. The molecule has 0 atom stereocenters. The van der Waals surface area contributed by atoms with Crippen LogP contribution in [0.4, 0.5) is 10.1 Å². The molecule has 4 aromatic rings. The molecule has 2 N–H and O–H groups in total. The lowest BCUT2D eigenvalue weighted by Gasteiger charge is -2.14. The first-order valence-corrected chi connectivity index (χ1v) is 11.2. The Morgan fingerprint density at radius 1 is 0.889 bits per heavy atom. The molecule has 0 bridgehead atoms. The SMILES string of the molecule is CNC(=O)c1cc(-c2ccnc(-c3cc(NC(=O)c4ccnc(C(C)(C)F)c4)ccc3C)n2)ccn1. The Kier molecular flexibility index (Phi) is 6.82. The van der Waals surface area contributed by atoms with Gasteiger partial charge in [-0.2, -0.15) is 0 Å². The molecule has 0 aliphatic rings. The molecule has 0 spiro atoms. The summed E-state index contributed by atoms with van der Waals surface area (Å²) in [5, 5.41) is 5.41. The average molecular weight is 485 g/mol. The number of benzene rings is 1.